The number of hydrogen-bond donors (Lipinski definition) is 2. The number of nitrogens with one attached hydrogen (secondary N) is 2. The fraction of sp³-hybridized carbons (Fsp3) is 0.800. The van der Waals surface area contributed by atoms with Crippen molar-refractivity contribution in [1.82, 2.24) is 10.6 Å². The molecule has 130 valence electrons. The average Bonchev–Trinajstić information content (AvgIpc) is 2.36. The molecule has 0 aromatic carbocycles. The predicted molar refractivity (Wildman–Crippen MR) is 76.8 cm³/mol. The Morgan fingerprint density at radius 3 is 1.36 bits per heavy atom. The van der Waals surface area contributed by atoms with Crippen molar-refractivity contribution in [2.24, 2.45) is 0 Å². The second-order valence-corrected chi connectivity index (χ2v) is 7.63. The lowest BCUT2D eigenvalue weighted by Gasteiger charge is -2.06. The van der Waals surface area contributed by atoms with Gasteiger partial charge in [0.05, 0.1) is 12.5 Å². The van der Waals surface area contributed by atoms with Gasteiger partial charge in [-0.1, -0.05) is 0 Å². The zero-order valence-corrected chi connectivity index (χ0v) is 14.0. The number of carbonyl (C=O) groups is 2. The second-order valence-electron chi connectivity index (χ2n) is 4.34. The zero-order valence-electron chi connectivity index (χ0n) is 12.3. The van der Waals surface area contributed by atoms with Crippen LogP contribution in [0, 0.1) is 0 Å². The van der Waals surface area contributed by atoms with E-state index in [2.05, 4.69) is 19.0 Å². The molecule has 0 aliphatic carbocycles. The largest absolute Gasteiger partial charge is 0.354 e. The van der Waals surface area contributed by atoms with Gasteiger partial charge in [0.2, 0.25) is 11.8 Å². The third-order valence-electron chi connectivity index (χ3n) is 2.06. The van der Waals surface area contributed by atoms with E-state index in [4.69, 9.17) is 0 Å². The molecular weight excluding hydrogens is 340 g/mol. The lowest BCUT2D eigenvalue weighted by Crippen LogP contribution is -2.31. The molecule has 0 aromatic heterocycles. The molecule has 0 unspecified atom stereocenters. The Balaban J connectivity index is 3.58. The van der Waals surface area contributed by atoms with Crippen molar-refractivity contribution in [3.05, 3.63) is 0 Å². The standard InChI is InChI=1S/C10H20N2O8S2/c1-21(15,16)19-7-9(13)11-5-3-4-6-12-10(14)8-20-22(2,17)18/h3-8H2,1-2H3,(H,11,13)(H,12,14). The van der Waals surface area contributed by atoms with E-state index in [0.29, 0.717) is 25.9 Å². The molecule has 0 aromatic rings. The van der Waals surface area contributed by atoms with Crippen LogP contribution in [0.15, 0.2) is 0 Å². The molecule has 0 aliphatic rings. The lowest BCUT2D eigenvalue weighted by atomic mass is 10.3. The molecule has 10 nitrogen and oxygen atoms in total. The van der Waals surface area contributed by atoms with Gasteiger partial charge in [0, 0.05) is 13.1 Å². The maximum atomic E-state index is 11.2. The van der Waals surface area contributed by atoms with Crippen LogP contribution >= 0.6 is 0 Å². The van der Waals surface area contributed by atoms with Crippen LogP contribution in [0.5, 0.6) is 0 Å². The quantitative estimate of drug-likeness (QED) is 0.316. The highest BCUT2D eigenvalue weighted by molar-refractivity contribution is 7.86. The maximum Gasteiger partial charge on any atom is 0.264 e. The highest BCUT2D eigenvalue weighted by Gasteiger charge is 2.08. The highest BCUT2D eigenvalue weighted by atomic mass is 32.2. The first-order valence-electron chi connectivity index (χ1n) is 6.22. The van der Waals surface area contributed by atoms with Crippen molar-refractivity contribution in [3.63, 3.8) is 0 Å². The first-order chi connectivity index (χ1) is 9.99. The van der Waals surface area contributed by atoms with Crippen LogP contribution in [-0.2, 0) is 38.2 Å². The normalized spacial score (nSPS) is 11.9. The Morgan fingerprint density at radius 2 is 1.09 bits per heavy atom. The molecular formula is C10H20N2O8S2. The Labute approximate surface area is 129 Å². The van der Waals surface area contributed by atoms with Crippen molar-refractivity contribution >= 4 is 32.1 Å². The van der Waals surface area contributed by atoms with Gasteiger partial charge in [0.1, 0.15) is 13.2 Å². The number of unbranched alkanes of at least 4 members (excludes halogenated alkanes) is 1. The van der Waals surface area contributed by atoms with Gasteiger partial charge in [-0.2, -0.15) is 16.8 Å². The van der Waals surface area contributed by atoms with Gasteiger partial charge >= 0.3 is 0 Å². The summed E-state index contributed by atoms with van der Waals surface area (Å²) >= 11 is 0. The van der Waals surface area contributed by atoms with Crippen molar-refractivity contribution in [3.8, 4) is 0 Å². The lowest BCUT2D eigenvalue weighted by molar-refractivity contribution is -0.123. The van der Waals surface area contributed by atoms with Crippen molar-refractivity contribution in [2.45, 2.75) is 12.8 Å². The number of carbonyl (C=O) groups excluding carboxylic acids is 2. The summed E-state index contributed by atoms with van der Waals surface area (Å²) in [7, 11) is -7.29. The fourth-order valence-corrected chi connectivity index (χ4v) is 1.77. The van der Waals surface area contributed by atoms with Crippen LogP contribution in [0.2, 0.25) is 0 Å². The summed E-state index contributed by atoms with van der Waals surface area (Å²) in [5.41, 5.74) is 0. The van der Waals surface area contributed by atoms with Gasteiger partial charge in [0.25, 0.3) is 20.2 Å². The Bertz CT molecular complexity index is 518. The molecule has 0 atom stereocenters. The molecule has 0 bridgehead atoms. The maximum absolute atomic E-state index is 11.2. The average molecular weight is 360 g/mol. The van der Waals surface area contributed by atoms with Crippen LogP contribution in [0.4, 0.5) is 0 Å². The van der Waals surface area contributed by atoms with Gasteiger partial charge in [0.15, 0.2) is 0 Å². The van der Waals surface area contributed by atoms with E-state index in [9.17, 15) is 26.4 Å². The van der Waals surface area contributed by atoms with E-state index in [0.717, 1.165) is 12.5 Å². The number of hydrogen-bond acceptors (Lipinski definition) is 8. The van der Waals surface area contributed by atoms with Crippen molar-refractivity contribution < 1.29 is 34.8 Å². The molecule has 0 radical (unpaired) electrons. The van der Waals surface area contributed by atoms with E-state index in [1.165, 1.54) is 0 Å². The van der Waals surface area contributed by atoms with Crippen LogP contribution in [0.3, 0.4) is 0 Å². The Kier molecular flexibility index (Phi) is 9.16. The monoisotopic (exact) mass is 360 g/mol. The second kappa shape index (κ2) is 9.71. The smallest absolute Gasteiger partial charge is 0.264 e. The van der Waals surface area contributed by atoms with Gasteiger partial charge < -0.3 is 10.6 Å². The molecule has 0 spiro atoms. The molecule has 2 amide bonds. The summed E-state index contributed by atoms with van der Waals surface area (Å²) in [6.07, 6.45) is 2.77. The van der Waals surface area contributed by atoms with Crippen molar-refractivity contribution in [1.29, 1.82) is 0 Å². The summed E-state index contributed by atoms with van der Waals surface area (Å²) < 4.78 is 51.1. The minimum absolute atomic E-state index is 0.293. The summed E-state index contributed by atoms with van der Waals surface area (Å²) in [5, 5.41) is 4.89. The Morgan fingerprint density at radius 1 is 0.773 bits per heavy atom. The van der Waals surface area contributed by atoms with E-state index >= 15 is 0 Å². The topological polar surface area (TPSA) is 145 Å². The molecule has 0 aliphatic heterocycles. The number of amides is 2. The third-order valence-corrected chi connectivity index (χ3v) is 3.15. The SMILES string of the molecule is CS(=O)(=O)OCC(=O)NCCCCNC(=O)COS(C)(=O)=O. The predicted octanol–water partition coefficient (Wildman–Crippen LogP) is -2.05. The van der Waals surface area contributed by atoms with E-state index in [1.54, 1.807) is 0 Å². The van der Waals surface area contributed by atoms with Gasteiger partial charge in [-0.3, -0.25) is 18.0 Å². The minimum atomic E-state index is -3.65. The van der Waals surface area contributed by atoms with E-state index < -0.39 is 45.3 Å². The summed E-state index contributed by atoms with van der Waals surface area (Å²) in [6, 6.07) is 0. The molecule has 0 heterocycles. The first kappa shape index (κ1) is 20.8. The molecule has 0 fully saturated rings. The van der Waals surface area contributed by atoms with E-state index in [1.807, 2.05) is 0 Å². The summed E-state index contributed by atoms with van der Waals surface area (Å²) in [6.45, 7) is -0.555. The minimum Gasteiger partial charge on any atom is -0.354 e. The van der Waals surface area contributed by atoms with Gasteiger partial charge in [-0.25, -0.2) is 0 Å². The summed E-state index contributed by atoms with van der Waals surface area (Å²) in [4.78, 5) is 22.3. The molecule has 0 saturated carbocycles. The molecule has 12 heteroatoms. The van der Waals surface area contributed by atoms with Crippen molar-refractivity contribution in [2.75, 3.05) is 38.8 Å². The molecule has 22 heavy (non-hydrogen) atoms. The first-order valence-corrected chi connectivity index (χ1v) is 9.85. The molecule has 0 rings (SSSR count). The van der Waals surface area contributed by atoms with Crippen LogP contribution in [0.25, 0.3) is 0 Å². The van der Waals surface area contributed by atoms with Gasteiger partial charge in [-0.05, 0) is 12.8 Å². The molecule has 2 N–H and O–H groups in total. The number of rotatable bonds is 11. The summed E-state index contributed by atoms with van der Waals surface area (Å²) in [5.74, 6) is -1.12. The van der Waals surface area contributed by atoms with Crippen LogP contribution < -0.4 is 10.6 Å². The van der Waals surface area contributed by atoms with Crippen LogP contribution in [0.1, 0.15) is 12.8 Å². The van der Waals surface area contributed by atoms with Crippen LogP contribution in [-0.4, -0.2) is 67.5 Å². The molecule has 0 saturated heterocycles. The zero-order chi connectivity index (χ0) is 17.2. The van der Waals surface area contributed by atoms with Gasteiger partial charge in [-0.15, -0.1) is 0 Å². The van der Waals surface area contributed by atoms with E-state index in [-0.39, 0.29) is 0 Å². The highest BCUT2D eigenvalue weighted by Crippen LogP contribution is 1.89. The third kappa shape index (κ3) is 15.2. The Hall–Kier alpha value is -1.24. The fourth-order valence-electron chi connectivity index (χ4n) is 1.13.